The molecule has 3 rings (SSSR count). The van der Waals surface area contributed by atoms with Crippen molar-refractivity contribution in [3.05, 3.63) is 54.5 Å². The van der Waals surface area contributed by atoms with Crippen LogP contribution in [0.25, 0.3) is 11.2 Å². The van der Waals surface area contributed by atoms with Gasteiger partial charge >= 0.3 is 0 Å². The lowest BCUT2D eigenvalue weighted by Crippen LogP contribution is -2.15. The van der Waals surface area contributed by atoms with Crippen LogP contribution in [-0.2, 0) is 10.0 Å². The van der Waals surface area contributed by atoms with Gasteiger partial charge in [-0.15, -0.1) is 0 Å². The van der Waals surface area contributed by atoms with Crippen molar-refractivity contribution in [3.8, 4) is 0 Å². The monoisotopic (exact) mass is 287 g/mol. The zero-order chi connectivity index (χ0) is 14.2. The fourth-order valence-corrected chi connectivity index (χ4v) is 3.41. The van der Waals surface area contributed by atoms with Gasteiger partial charge in [0.1, 0.15) is 11.2 Å². The van der Waals surface area contributed by atoms with Crippen LogP contribution in [0.3, 0.4) is 0 Å². The number of carbonyl (C=O) groups excluding carboxylic acids is 1. The number of rotatable bonds is 3. The van der Waals surface area contributed by atoms with Gasteiger partial charge in [0, 0.05) is 12.4 Å². The minimum atomic E-state index is -3.88. The standard InChI is InChI=1S/C13H9N3O3S/c17-9-10-8-12-13(15-7-6-14-12)16(10)20(18,19)11-4-2-1-3-5-11/h1-9H. The normalized spacial score (nSPS) is 11.6. The van der Waals surface area contributed by atoms with Crippen molar-refractivity contribution in [2.24, 2.45) is 0 Å². The SMILES string of the molecule is O=Cc1cc2nccnc2n1S(=O)(=O)c1ccccc1. The molecule has 6 nitrogen and oxygen atoms in total. The number of aldehydes is 1. The maximum absolute atomic E-state index is 12.6. The molecule has 0 unspecified atom stereocenters. The highest BCUT2D eigenvalue weighted by atomic mass is 32.2. The van der Waals surface area contributed by atoms with Crippen LogP contribution in [-0.4, -0.2) is 28.6 Å². The minimum absolute atomic E-state index is 0.00458. The fourth-order valence-electron chi connectivity index (χ4n) is 1.95. The molecule has 0 atom stereocenters. The Morgan fingerprint density at radius 1 is 1.05 bits per heavy atom. The van der Waals surface area contributed by atoms with Crippen molar-refractivity contribution < 1.29 is 13.2 Å². The number of carbonyl (C=O) groups is 1. The van der Waals surface area contributed by atoms with Gasteiger partial charge in [-0.3, -0.25) is 9.78 Å². The van der Waals surface area contributed by atoms with E-state index in [1.165, 1.54) is 30.6 Å². The molecule has 2 aromatic heterocycles. The van der Waals surface area contributed by atoms with Crippen LogP contribution in [0.4, 0.5) is 0 Å². The maximum Gasteiger partial charge on any atom is 0.270 e. The van der Waals surface area contributed by atoms with E-state index in [9.17, 15) is 13.2 Å². The summed E-state index contributed by atoms with van der Waals surface area (Å²) in [5.74, 6) is 0. The summed E-state index contributed by atoms with van der Waals surface area (Å²) in [4.78, 5) is 19.2. The molecule has 3 aromatic rings. The van der Waals surface area contributed by atoms with Gasteiger partial charge in [0.25, 0.3) is 10.0 Å². The van der Waals surface area contributed by atoms with Crippen molar-refractivity contribution in [1.29, 1.82) is 0 Å². The summed E-state index contributed by atoms with van der Waals surface area (Å²) in [6.07, 6.45) is 3.30. The minimum Gasteiger partial charge on any atom is -0.296 e. The molecular weight excluding hydrogens is 278 g/mol. The van der Waals surface area contributed by atoms with Gasteiger partial charge in [-0.05, 0) is 18.2 Å². The predicted octanol–water partition coefficient (Wildman–Crippen LogP) is 1.48. The topological polar surface area (TPSA) is 81.9 Å². The van der Waals surface area contributed by atoms with Crippen LogP contribution in [0.2, 0.25) is 0 Å². The van der Waals surface area contributed by atoms with E-state index < -0.39 is 10.0 Å². The second-order valence-corrected chi connectivity index (χ2v) is 5.82. The molecule has 0 N–H and O–H groups in total. The molecule has 20 heavy (non-hydrogen) atoms. The highest BCUT2D eigenvalue weighted by Gasteiger charge is 2.23. The lowest BCUT2D eigenvalue weighted by Gasteiger charge is -2.08. The summed E-state index contributed by atoms with van der Waals surface area (Å²) in [5.41, 5.74) is 0.489. The molecule has 0 saturated heterocycles. The van der Waals surface area contributed by atoms with Gasteiger partial charge in [-0.25, -0.2) is 17.4 Å². The quantitative estimate of drug-likeness (QED) is 0.681. The largest absolute Gasteiger partial charge is 0.296 e. The third kappa shape index (κ3) is 1.79. The highest BCUT2D eigenvalue weighted by molar-refractivity contribution is 7.90. The van der Waals surface area contributed by atoms with Crippen molar-refractivity contribution in [3.63, 3.8) is 0 Å². The van der Waals surface area contributed by atoms with Crippen LogP contribution < -0.4 is 0 Å². The zero-order valence-electron chi connectivity index (χ0n) is 10.2. The number of hydrogen-bond acceptors (Lipinski definition) is 5. The van der Waals surface area contributed by atoms with E-state index in [1.807, 2.05) is 0 Å². The van der Waals surface area contributed by atoms with Crippen LogP contribution in [0.15, 0.2) is 53.7 Å². The summed E-state index contributed by atoms with van der Waals surface area (Å²) in [7, 11) is -3.88. The zero-order valence-corrected chi connectivity index (χ0v) is 11.0. The van der Waals surface area contributed by atoms with Gasteiger partial charge in [-0.1, -0.05) is 18.2 Å². The van der Waals surface area contributed by atoms with E-state index in [4.69, 9.17) is 0 Å². The number of nitrogens with zero attached hydrogens (tertiary/aromatic N) is 3. The molecule has 0 radical (unpaired) electrons. The summed E-state index contributed by atoms with van der Waals surface area (Å²) in [6.45, 7) is 0. The third-order valence-electron chi connectivity index (χ3n) is 2.82. The number of benzene rings is 1. The molecule has 7 heteroatoms. The van der Waals surface area contributed by atoms with E-state index in [-0.39, 0.29) is 16.2 Å². The van der Waals surface area contributed by atoms with Crippen molar-refractivity contribution in [2.45, 2.75) is 4.90 Å². The Morgan fingerprint density at radius 3 is 2.45 bits per heavy atom. The Hall–Kier alpha value is -2.54. The van der Waals surface area contributed by atoms with Crippen molar-refractivity contribution in [2.75, 3.05) is 0 Å². The molecule has 100 valence electrons. The second-order valence-electron chi connectivity index (χ2n) is 4.03. The summed E-state index contributed by atoms with van der Waals surface area (Å²) in [5, 5.41) is 0. The van der Waals surface area contributed by atoms with Gasteiger partial charge in [0.15, 0.2) is 11.9 Å². The van der Waals surface area contributed by atoms with E-state index in [0.29, 0.717) is 11.8 Å². The average molecular weight is 287 g/mol. The molecule has 0 amide bonds. The Kier molecular flexibility index (Phi) is 2.83. The van der Waals surface area contributed by atoms with Crippen LogP contribution >= 0.6 is 0 Å². The van der Waals surface area contributed by atoms with E-state index in [0.717, 1.165) is 3.97 Å². The Labute approximate surface area is 114 Å². The molecule has 2 heterocycles. The first-order chi connectivity index (χ1) is 9.64. The molecule has 0 bridgehead atoms. The second kappa shape index (κ2) is 4.53. The Bertz CT molecular complexity index is 886. The Morgan fingerprint density at radius 2 is 1.75 bits per heavy atom. The van der Waals surface area contributed by atoms with Crippen molar-refractivity contribution >= 4 is 27.5 Å². The van der Waals surface area contributed by atoms with Crippen molar-refractivity contribution in [1.82, 2.24) is 13.9 Å². The highest BCUT2D eigenvalue weighted by Crippen LogP contribution is 2.21. The molecule has 0 aliphatic heterocycles. The van der Waals surface area contributed by atoms with Gasteiger partial charge in [0.2, 0.25) is 0 Å². The Balaban J connectivity index is 2.37. The van der Waals surface area contributed by atoms with Crippen LogP contribution in [0.1, 0.15) is 10.5 Å². The smallest absolute Gasteiger partial charge is 0.270 e. The molecule has 0 fully saturated rings. The van der Waals surface area contributed by atoms with E-state index >= 15 is 0 Å². The summed E-state index contributed by atoms with van der Waals surface area (Å²) in [6, 6.07) is 9.27. The van der Waals surface area contributed by atoms with Crippen LogP contribution in [0.5, 0.6) is 0 Å². The number of aromatic nitrogens is 3. The van der Waals surface area contributed by atoms with Gasteiger partial charge < -0.3 is 0 Å². The molecule has 0 aliphatic rings. The van der Waals surface area contributed by atoms with Crippen LogP contribution in [0, 0.1) is 0 Å². The first-order valence-electron chi connectivity index (χ1n) is 5.73. The average Bonchev–Trinajstić information content (AvgIpc) is 2.87. The lowest BCUT2D eigenvalue weighted by molar-refractivity contribution is 0.111. The summed E-state index contributed by atoms with van der Waals surface area (Å²) >= 11 is 0. The van der Waals surface area contributed by atoms with E-state index in [2.05, 4.69) is 9.97 Å². The lowest BCUT2D eigenvalue weighted by atomic mass is 10.4. The van der Waals surface area contributed by atoms with Gasteiger partial charge in [-0.2, -0.15) is 0 Å². The first-order valence-corrected chi connectivity index (χ1v) is 7.17. The third-order valence-corrected chi connectivity index (χ3v) is 4.55. The van der Waals surface area contributed by atoms with E-state index in [1.54, 1.807) is 18.2 Å². The number of fused-ring (bicyclic) bond motifs is 1. The molecule has 0 aliphatic carbocycles. The first kappa shape index (κ1) is 12.5. The molecule has 0 saturated carbocycles. The molecular formula is C13H9N3O3S. The summed E-state index contributed by atoms with van der Waals surface area (Å²) < 4.78 is 26.2. The fraction of sp³-hybridized carbons (Fsp3) is 0. The van der Waals surface area contributed by atoms with Gasteiger partial charge in [0.05, 0.1) is 4.90 Å². The molecule has 0 spiro atoms. The molecule has 1 aromatic carbocycles. The predicted molar refractivity (Wildman–Crippen MR) is 71.9 cm³/mol. The maximum atomic E-state index is 12.6. The number of hydrogen-bond donors (Lipinski definition) is 0.